The minimum Gasteiger partial charge on any atom is -0.377 e. The Morgan fingerprint density at radius 2 is 1.95 bits per heavy atom. The molecule has 0 aromatic heterocycles. The topological polar surface area (TPSA) is 116 Å². The molecule has 2 rings (SSSR count). The van der Waals surface area contributed by atoms with Crippen LogP contribution in [0.4, 0.5) is 5.69 Å². The van der Waals surface area contributed by atoms with Gasteiger partial charge in [0.1, 0.15) is 4.90 Å². The molecule has 20 heavy (non-hydrogen) atoms. The Kier molecular flexibility index (Phi) is 4.33. The van der Waals surface area contributed by atoms with Gasteiger partial charge in [0.05, 0.1) is 17.5 Å². The van der Waals surface area contributed by atoms with E-state index in [1.807, 2.05) is 0 Å². The predicted octanol–water partition coefficient (Wildman–Crippen LogP) is 0.255. The number of hydrogen-bond donors (Lipinski definition) is 2. The van der Waals surface area contributed by atoms with Gasteiger partial charge in [-0.1, -0.05) is 12.1 Å². The monoisotopic (exact) mass is 320 g/mol. The quantitative estimate of drug-likeness (QED) is 0.807. The van der Waals surface area contributed by atoms with Crippen molar-refractivity contribution in [2.45, 2.75) is 23.8 Å². The van der Waals surface area contributed by atoms with Gasteiger partial charge in [0.15, 0.2) is 0 Å². The van der Waals surface area contributed by atoms with Crippen molar-refractivity contribution in [2.24, 2.45) is 5.14 Å². The largest absolute Gasteiger partial charge is 0.377 e. The average Bonchev–Trinajstić information content (AvgIpc) is 2.79. The lowest BCUT2D eigenvalue weighted by atomic mass is 10.3. The Morgan fingerprint density at radius 3 is 2.55 bits per heavy atom. The Bertz CT molecular complexity index is 679. The zero-order valence-electron chi connectivity index (χ0n) is 10.7. The molecule has 3 N–H and O–H groups in total. The summed E-state index contributed by atoms with van der Waals surface area (Å²) in [5, 5.41) is 5.05. The normalized spacial score (nSPS) is 19.9. The summed E-state index contributed by atoms with van der Waals surface area (Å²) in [7, 11) is -7.69. The Balaban J connectivity index is 2.21. The molecule has 0 bridgehead atoms. The highest BCUT2D eigenvalue weighted by molar-refractivity contribution is 7.93. The maximum absolute atomic E-state index is 12.0. The number of nitrogens with one attached hydrogen (secondary N) is 1. The molecule has 1 fully saturated rings. The molecule has 7 nitrogen and oxygen atoms in total. The molecule has 1 aromatic rings. The van der Waals surface area contributed by atoms with Crippen LogP contribution in [0.1, 0.15) is 12.8 Å². The molecule has 0 saturated carbocycles. The van der Waals surface area contributed by atoms with Crippen molar-refractivity contribution in [1.29, 1.82) is 0 Å². The minimum absolute atomic E-state index is 0.0482. The lowest BCUT2D eigenvalue weighted by Crippen LogP contribution is -2.26. The van der Waals surface area contributed by atoms with Gasteiger partial charge in [-0.2, -0.15) is 0 Å². The van der Waals surface area contributed by atoms with Crippen molar-refractivity contribution in [1.82, 2.24) is 0 Å². The lowest BCUT2D eigenvalue weighted by molar-refractivity contribution is 0.127. The molecular weight excluding hydrogens is 304 g/mol. The van der Waals surface area contributed by atoms with Crippen molar-refractivity contribution in [3.05, 3.63) is 24.3 Å². The summed E-state index contributed by atoms with van der Waals surface area (Å²) in [6.07, 6.45) is 1.15. The summed E-state index contributed by atoms with van der Waals surface area (Å²) in [6.45, 7) is 0.550. The van der Waals surface area contributed by atoms with E-state index in [2.05, 4.69) is 4.72 Å². The molecule has 1 aliphatic heterocycles. The van der Waals surface area contributed by atoms with Crippen LogP contribution in [-0.4, -0.2) is 35.3 Å². The molecule has 0 amide bonds. The molecule has 1 heterocycles. The fourth-order valence-electron chi connectivity index (χ4n) is 2.03. The van der Waals surface area contributed by atoms with E-state index >= 15 is 0 Å². The minimum atomic E-state index is -3.99. The third-order valence-corrected chi connectivity index (χ3v) is 5.20. The van der Waals surface area contributed by atoms with Crippen molar-refractivity contribution >= 4 is 25.7 Å². The number of ether oxygens (including phenoxy) is 1. The number of hydrogen-bond acceptors (Lipinski definition) is 5. The zero-order valence-corrected chi connectivity index (χ0v) is 12.3. The van der Waals surface area contributed by atoms with Gasteiger partial charge in [-0.3, -0.25) is 4.72 Å². The van der Waals surface area contributed by atoms with Crippen LogP contribution in [0.5, 0.6) is 0 Å². The van der Waals surface area contributed by atoms with Crippen LogP contribution >= 0.6 is 0 Å². The van der Waals surface area contributed by atoms with Crippen LogP contribution in [0, 0.1) is 0 Å². The molecule has 112 valence electrons. The first kappa shape index (κ1) is 15.2. The molecule has 1 aliphatic rings. The maximum Gasteiger partial charge on any atom is 0.240 e. The van der Waals surface area contributed by atoms with Crippen LogP contribution in [0.2, 0.25) is 0 Å². The van der Waals surface area contributed by atoms with E-state index in [1.165, 1.54) is 24.3 Å². The van der Waals surface area contributed by atoms with Crippen LogP contribution in [-0.2, 0) is 24.8 Å². The van der Waals surface area contributed by atoms with Gasteiger partial charge in [0.2, 0.25) is 20.0 Å². The number of rotatable bonds is 5. The van der Waals surface area contributed by atoms with Gasteiger partial charge < -0.3 is 4.74 Å². The van der Waals surface area contributed by atoms with E-state index in [-0.39, 0.29) is 22.4 Å². The third kappa shape index (κ3) is 3.92. The summed E-state index contributed by atoms with van der Waals surface area (Å²) >= 11 is 0. The first-order chi connectivity index (χ1) is 9.28. The molecule has 0 spiro atoms. The Morgan fingerprint density at radius 1 is 1.25 bits per heavy atom. The lowest BCUT2D eigenvalue weighted by Gasteiger charge is -2.14. The standard InChI is InChI=1S/C11H16N2O5S2/c12-20(16,17)11-6-2-1-5-10(11)13-19(14,15)8-9-4-3-7-18-9/h1-2,5-6,9,13H,3-4,7-8H2,(H2,12,16,17). The zero-order chi connectivity index (χ0) is 14.8. The number of sulfonamides is 2. The summed E-state index contributed by atoms with van der Waals surface area (Å²) in [4.78, 5) is -0.254. The van der Waals surface area contributed by atoms with Crippen molar-refractivity contribution in [3.63, 3.8) is 0 Å². The van der Waals surface area contributed by atoms with Crippen LogP contribution in [0.3, 0.4) is 0 Å². The van der Waals surface area contributed by atoms with Gasteiger partial charge in [-0.15, -0.1) is 0 Å². The highest BCUT2D eigenvalue weighted by Crippen LogP contribution is 2.22. The van der Waals surface area contributed by atoms with Gasteiger partial charge in [0.25, 0.3) is 0 Å². The number of benzene rings is 1. The number of anilines is 1. The van der Waals surface area contributed by atoms with Crippen LogP contribution in [0.25, 0.3) is 0 Å². The smallest absolute Gasteiger partial charge is 0.240 e. The second-order valence-electron chi connectivity index (χ2n) is 4.56. The highest BCUT2D eigenvalue weighted by Gasteiger charge is 2.25. The van der Waals surface area contributed by atoms with Gasteiger partial charge in [-0.05, 0) is 25.0 Å². The van der Waals surface area contributed by atoms with Crippen LogP contribution in [0.15, 0.2) is 29.2 Å². The molecule has 0 radical (unpaired) electrons. The van der Waals surface area contributed by atoms with E-state index in [0.717, 1.165) is 6.42 Å². The first-order valence-electron chi connectivity index (χ1n) is 6.02. The molecule has 1 unspecified atom stereocenters. The summed E-state index contributed by atoms with van der Waals surface area (Å²) in [6, 6.07) is 5.60. The third-order valence-electron chi connectivity index (χ3n) is 2.89. The number of primary sulfonamides is 1. The second kappa shape index (κ2) is 5.68. The molecule has 1 saturated heterocycles. The summed E-state index contributed by atoms with van der Waals surface area (Å²) in [5.74, 6) is -0.202. The van der Waals surface area contributed by atoms with Gasteiger partial charge in [-0.25, -0.2) is 22.0 Å². The number of para-hydroxylation sites is 1. The summed E-state index contributed by atoms with van der Waals surface area (Å²) in [5.41, 5.74) is -0.0482. The van der Waals surface area contributed by atoms with Crippen molar-refractivity contribution in [2.75, 3.05) is 17.1 Å². The van der Waals surface area contributed by atoms with E-state index in [9.17, 15) is 16.8 Å². The molecule has 1 aromatic carbocycles. The Hall–Kier alpha value is -1.16. The van der Waals surface area contributed by atoms with Gasteiger partial charge >= 0.3 is 0 Å². The van der Waals surface area contributed by atoms with Crippen molar-refractivity contribution in [3.8, 4) is 0 Å². The van der Waals surface area contributed by atoms with E-state index in [0.29, 0.717) is 13.0 Å². The SMILES string of the molecule is NS(=O)(=O)c1ccccc1NS(=O)(=O)CC1CCCO1. The number of nitrogens with two attached hydrogens (primary N) is 1. The second-order valence-corrected chi connectivity index (χ2v) is 7.86. The predicted molar refractivity (Wildman–Crippen MR) is 74.2 cm³/mol. The van der Waals surface area contributed by atoms with Crippen molar-refractivity contribution < 1.29 is 21.6 Å². The highest BCUT2D eigenvalue weighted by atomic mass is 32.2. The molecule has 9 heteroatoms. The average molecular weight is 320 g/mol. The maximum atomic E-state index is 12.0. The Labute approximate surface area is 118 Å². The summed E-state index contributed by atoms with van der Waals surface area (Å²) < 4.78 is 54.3. The van der Waals surface area contributed by atoms with Crippen LogP contribution < -0.4 is 9.86 Å². The van der Waals surface area contributed by atoms with E-state index in [1.54, 1.807) is 0 Å². The van der Waals surface area contributed by atoms with E-state index < -0.39 is 20.0 Å². The van der Waals surface area contributed by atoms with E-state index in [4.69, 9.17) is 9.88 Å². The molecule has 0 aliphatic carbocycles. The molecular formula is C11H16N2O5S2. The molecule has 1 atom stereocenters. The first-order valence-corrected chi connectivity index (χ1v) is 9.22. The fourth-order valence-corrected chi connectivity index (χ4v) is 4.14. The fraction of sp³-hybridized carbons (Fsp3) is 0.455. The van der Waals surface area contributed by atoms with Gasteiger partial charge in [0, 0.05) is 6.61 Å².